The average Bonchev–Trinajstić information content (AvgIpc) is 2.65. The summed E-state index contributed by atoms with van der Waals surface area (Å²) >= 11 is 0. The Hall–Kier alpha value is -3.15. The van der Waals surface area contributed by atoms with Crippen LogP contribution >= 0.6 is 0 Å². The Morgan fingerprint density at radius 1 is 1.04 bits per heavy atom. The van der Waals surface area contributed by atoms with Crippen molar-refractivity contribution in [3.8, 4) is 11.5 Å². The van der Waals surface area contributed by atoms with Crippen LogP contribution in [-0.4, -0.2) is 32.3 Å². The molecule has 0 aliphatic carbocycles. The maximum absolute atomic E-state index is 12.1. The molecule has 2 aromatic carbocycles. The molecule has 0 saturated carbocycles. The largest absolute Gasteiger partial charge is 0.497 e. The highest BCUT2D eigenvalue weighted by Crippen LogP contribution is 2.27. The molecular weight excluding hydrogens is 324 g/mol. The van der Waals surface area contributed by atoms with Crippen LogP contribution in [0.15, 0.2) is 42.5 Å². The topological polar surface area (TPSA) is 78.9 Å². The molecule has 130 valence electrons. The molecule has 0 aliphatic rings. The van der Waals surface area contributed by atoms with Gasteiger partial charge in [0.15, 0.2) is 5.78 Å². The van der Waals surface area contributed by atoms with Gasteiger partial charge in [-0.2, -0.15) is 0 Å². The van der Waals surface area contributed by atoms with Crippen molar-refractivity contribution < 1.29 is 28.6 Å². The molecule has 0 unspecified atom stereocenters. The standard InChI is InChI=1S/C19H18O6/c1-23-14-7-8-16(17(21)9-10-20)18(11-14)25-12-13-5-3-4-6-15(13)19(22)24-2/h3-8,10-11H,9,12H2,1-2H3. The van der Waals surface area contributed by atoms with Gasteiger partial charge in [-0.15, -0.1) is 0 Å². The molecule has 2 rings (SSSR count). The van der Waals surface area contributed by atoms with E-state index in [-0.39, 0.29) is 30.1 Å². The van der Waals surface area contributed by atoms with Gasteiger partial charge >= 0.3 is 5.97 Å². The van der Waals surface area contributed by atoms with E-state index in [0.717, 1.165) is 0 Å². The van der Waals surface area contributed by atoms with Gasteiger partial charge in [-0.3, -0.25) is 4.79 Å². The minimum absolute atomic E-state index is 0.0554. The zero-order valence-electron chi connectivity index (χ0n) is 14.0. The lowest BCUT2D eigenvalue weighted by molar-refractivity contribution is -0.107. The number of rotatable bonds is 8. The highest BCUT2D eigenvalue weighted by atomic mass is 16.5. The molecule has 0 saturated heterocycles. The van der Waals surface area contributed by atoms with Crippen LogP contribution < -0.4 is 9.47 Å². The Morgan fingerprint density at radius 2 is 1.80 bits per heavy atom. The molecule has 0 aromatic heterocycles. The van der Waals surface area contributed by atoms with Gasteiger partial charge in [-0.05, 0) is 18.2 Å². The van der Waals surface area contributed by atoms with Gasteiger partial charge < -0.3 is 19.0 Å². The second-order valence-corrected chi connectivity index (χ2v) is 5.09. The van der Waals surface area contributed by atoms with E-state index in [0.29, 0.717) is 23.2 Å². The van der Waals surface area contributed by atoms with Crippen molar-refractivity contribution in [2.45, 2.75) is 13.0 Å². The molecule has 0 bridgehead atoms. The third-order valence-corrected chi connectivity index (χ3v) is 3.56. The molecule has 0 radical (unpaired) electrons. The third-order valence-electron chi connectivity index (χ3n) is 3.56. The molecule has 0 heterocycles. The first-order chi connectivity index (χ1) is 12.1. The van der Waals surface area contributed by atoms with E-state index in [1.807, 2.05) is 0 Å². The van der Waals surface area contributed by atoms with Crippen LogP contribution in [0.25, 0.3) is 0 Å². The van der Waals surface area contributed by atoms with Gasteiger partial charge in [0, 0.05) is 11.6 Å². The summed E-state index contributed by atoms with van der Waals surface area (Å²) in [5.74, 6) is -0.0271. The first-order valence-electron chi connectivity index (χ1n) is 7.54. The van der Waals surface area contributed by atoms with E-state index in [4.69, 9.17) is 14.2 Å². The molecule has 0 aliphatic heterocycles. The number of benzene rings is 2. The normalized spacial score (nSPS) is 10.0. The monoisotopic (exact) mass is 342 g/mol. The van der Waals surface area contributed by atoms with Crippen LogP contribution in [0.2, 0.25) is 0 Å². The van der Waals surface area contributed by atoms with Crippen LogP contribution in [-0.2, 0) is 16.1 Å². The Balaban J connectivity index is 2.29. The fourth-order valence-electron chi connectivity index (χ4n) is 2.28. The predicted molar refractivity (Wildman–Crippen MR) is 90.1 cm³/mol. The quantitative estimate of drug-likeness (QED) is 0.318. The summed E-state index contributed by atoms with van der Waals surface area (Å²) in [6.45, 7) is 0.0554. The van der Waals surface area contributed by atoms with Gasteiger partial charge in [0.05, 0.1) is 31.8 Å². The number of esters is 1. The molecule has 2 aromatic rings. The van der Waals surface area contributed by atoms with Crippen molar-refractivity contribution in [3.05, 3.63) is 59.2 Å². The van der Waals surface area contributed by atoms with E-state index in [9.17, 15) is 14.4 Å². The van der Waals surface area contributed by atoms with Crippen molar-refractivity contribution in [2.24, 2.45) is 0 Å². The molecule has 0 atom stereocenters. The summed E-state index contributed by atoms with van der Waals surface area (Å²) in [7, 11) is 2.80. The molecule has 0 N–H and O–H groups in total. The summed E-state index contributed by atoms with van der Waals surface area (Å²) in [5, 5.41) is 0. The van der Waals surface area contributed by atoms with Gasteiger partial charge in [0.1, 0.15) is 24.4 Å². The number of ether oxygens (including phenoxy) is 3. The van der Waals surface area contributed by atoms with Crippen LogP contribution in [0.4, 0.5) is 0 Å². The lowest BCUT2D eigenvalue weighted by atomic mass is 10.1. The summed E-state index contributed by atoms with van der Waals surface area (Å²) in [6, 6.07) is 11.6. The van der Waals surface area contributed by atoms with E-state index in [2.05, 4.69) is 0 Å². The molecule has 0 spiro atoms. The van der Waals surface area contributed by atoms with Crippen molar-refractivity contribution >= 4 is 18.0 Å². The second kappa shape index (κ2) is 8.63. The van der Waals surface area contributed by atoms with Crippen molar-refractivity contribution in [2.75, 3.05) is 14.2 Å². The third kappa shape index (κ3) is 4.44. The van der Waals surface area contributed by atoms with Gasteiger partial charge in [0.25, 0.3) is 0 Å². The Bertz CT molecular complexity index is 781. The fourth-order valence-corrected chi connectivity index (χ4v) is 2.28. The molecule has 25 heavy (non-hydrogen) atoms. The Kier molecular flexibility index (Phi) is 6.28. The van der Waals surface area contributed by atoms with Crippen molar-refractivity contribution in [1.29, 1.82) is 0 Å². The number of carbonyl (C=O) groups excluding carboxylic acids is 3. The first kappa shape index (κ1) is 18.2. The Labute approximate surface area is 145 Å². The Morgan fingerprint density at radius 3 is 2.48 bits per heavy atom. The average molecular weight is 342 g/mol. The number of Topliss-reactive ketones (excluding diaryl/α,β-unsaturated/α-hetero) is 1. The SMILES string of the molecule is COC(=O)c1ccccc1COc1cc(OC)ccc1C(=O)CC=O. The molecular formula is C19H18O6. The lowest BCUT2D eigenvalue weighted by Crippen LogP contribution is -2.09. The van der Waals surface area contributed by atoms with Crippen molar-refractivity contribution in [1.82, 2.24) is 0 Å². The van der Waals surface area contributed by atoms with Gasteiger partial charge in [-0.25, -0.2) is 4.79 Å². The fraction of sp³-hybridized carbons (Fsp3) is 0.211. The number of hydrogen-bond donors (Lipinski definition) is 0. The van der Waals surface area contributed by atoms with E-state index < -0.39 is 5.97 Å². The van der Waals surface area contributed by atoms with Gasteiger partial charge in [0.2, 0.25) is 0 Å². The maximum Gasteiger partial charge on any atom is 0.338 e. The van der Waals surface area contributed by atoms with E-state index in [1.54, 1.807) is 42.5 Å². The summed E-state index contributed by atoms with van der Waals surface area (Å²) in [5.41, 5.74) is 1.28. The van der Waals surface area contributed by atoms with Crippen molar-refractivity contribution in [3.63, 3.8) is 0 Å². The highest BCUT2D eigenvalue weighted by molar-refractivity contribution is 6.04. The highest BCUT2D eigenvalue weighted by Gasteiger charge is 2.16. The minimum atomic E-state index is -0.470. The maximum atomic E-state index is 12.1. The molecule has 6 heteroatoms. The van der Waals surface area contributed by atoms with Crippen LogP contribution in [0.1, 0.15) is 32.7 Å². The second-order valence-electron chi connectivity index (χ2n) is 5.09. The number of hydrogen-bond acceptors (Lipinski definition) is 6. The zero-order chi connectivity index (χ0) is 18.2. The van der Waals surface area contributed by atoms with Crippen LogP contribution in [0.5, 0.6) is 11.5 Å². The summed E-state index contributed by atoms with van der Waals surface area (Å²) in [6.07, 6.45) is 0.310. The first-order valence-corrected chi connectivity index (χ1v) is 7.54. The predicted octanol–water partition coefficient (Wildman–Crippen LogP) is 2.83. The van der Waals surface area contributed by atoms with Crippen LogP contribution in [0, 0.1) is 0 Å². The molecule has 0 amide bonds. The van der Waals surface area contributed by atoms with E-state index >= 15 is 0 Å². The van der Waals surface area contributed by atoms with E-state index in [1.165, 1.54) is 14.2 Å². The molecule has 0 fully saturated rings. The number of aldehydes is 1. The number of ketones is 1. The number of carbonyl (C=O) groups is 3. The molecule has 6 nitrogen and oxygen atoms in total. The smallest absolute Gasteiger partial charge is 0.338 e. The summed E-state index contributed by atoms with van der Waals surface area (Å²) in [4.78, 5) is 34.5. The van der Waals surface area contributed by atoms with Crippen LogP contribution in [0.3, 0.4) is 0 Å². The minimum Gasteiger partial charge on any atom is -0.497 e. The van der Waals surface area contributed by atoms with Gasteiger partial charge in [-0.1, -0.05) is 18.2 Å². The lowest BCUT2D eigenvalue weighted by Gasteiger charge is -2.13. The number of methoxy groups -OCH3 is 2. The summed E-state index contributed by atoms with van der Waals surface area (Å²) < 4.78 is 15.6. The zero-order valence-corrected chi connectivity index (χ0v) is 14.0.